The number of hydrogen-bond donors (Lipinski definition) is 1. The van der Waals surface area contributed by atoms with Crippen LogP contribution in [0.25, 0.3) is 0 Å². The molecule has 4 nitrogen and oxygen atoms in total. The lowest BCUT2D eigenvalue weighted by molar-refractivity contribution is -0.145. The molecule has 1 heterocycles. The summed E-state index contributed by atoms with van der Waals surface area (Å²) in [5.74, 6) is -0.000605. The summed E-state index contributed by atoms with van der Waals surface area (Å²) >= 11 is 6.12. The van der Waals surface area contributed by atoms with Crippen LogP contribution >= 0.6 is 11.6 Å². The van der Waals surface area contributed by atoms with Crippen molar-refractivity contribution in [1.29, 1.82) is 0 Å². The molecule has 5 heteroatoms. The van der Waals surface area contributed by atoms with Crippen molar-refractivity contribution in [3.8, 4) is 5.75 Å². The number of carboxylic acids is 1. The lowest BCUT2D eigenvalue weighted by Gasteiger charge is -2.39. The lowest BCUT2D eigenvalue weighted by Crippen LogP contribution is -2.46. The zero-order valence-corrected chi connectivity index (χ0v) is 18.0. The summed E-state index contributed by atoms with van der Waals surface area (Å²) in [6.07, 6.45) is 2.57. The maximum atomic E-state index is 12.0. The first-order valence-electron chi connectivity index (χ1n) is 10.6. The Hall–Kier alpha value is -2.82. The van der Waals surface area contributed by atoms with Gasteiger partial charge in [-0.05, 0) is 60.3 Å². The number of hydrogen-bond acceptors (Lipinski definition) is 3. The molecule has 0 radical (unpaired) electrons. The van der Waals surface area contributed by atoms with Crippen molar-refractivity contribution in [2.75, 3.05) is 6.54 Å². The van der Waals surface area contributed by atoms with Crippen LogP contribution < -0.4 is 4.74 Å². The molecule has 1 aliphatic heterocycles. The van der Waals surface area contributed by atoms with E-state index in [1.807, 2.05) is 78.9 Å². The standard InChI is InChI=1S/C26H26ClNO3/c27-22-14-12-20(13-15-22)25(28-16-5-4-11-24(28)26(29)30)21-9-6-10-23(17-21)31-18-19-7-2-1-3-8-19/h1-3,6-10,12-15,17,24-25H,4-5,11,16,18H2,(H,29,30). The van der Waals surface area contributed by atoms with Gasteiger partial charge >= 0.3 is 5.97 Å². The Kier molecular flexibility index (Phi) is 6.90. The van der Waals surface area contributed by atoms with E-state index in [0.29, 0.717) is 18.1 Å². The highest BCUT2D eigenvalue weighted by molar-refractivity contribution is 6.30. The van der Waals surface area contributed by atoms with Crippen molar-refractivity contribution < 1.29 is 14.6 Å². The molecule has 160 valence electrons. The van der Waals surface area contributed by atoms with Crippen molar-refractivity contribution in [3.05, 3.63) is 101 Å². The van der Waals surface area contributed by atoms with E-state index < -0.39 is 12.0 Å². The third-order valence-electron chi connectivity index (χ3n) is 5.77. The Labute approximate surface area is 188 Å². The molecule has 2 unspecified atom stereocenters. The predicted molar refractivity (Wildman–Crippen MR) is 122 cm³/mol. The number of carbonyl (C=O) groups is 1. The molecule has 1 N–H and O–H groups in total. The van der Waals surface area contributed by atoms with Crippen molar-refractivity contribution in [3.63, 3.8) is 0 Å². The van der Waals surface area contributed by atoms with Crippen LogP contribution in [0.2, 0.25) is 5.02 Å². The summed E-state index contributed by atoms with van der Waals surface area (Å²) in [6, 6.07) is 25.0. The minimum absolute atomic E-state index is 0.182. The molecule has 0 saturated carbocycles. The average Bonchev–Trinajstić information content (AvgIpc) is 2.80. The van der Waals surface area contributed by atoms with Crippen LogP contribution in [0.1, 0.15) is 42.0 Å². The van der Waals surface area contributed by atoms with E-state index in [0.717, 1.165) is 41.8 Å². The third-order valence-corrected chi connectivity index (χ3v) is 6.02. The Morgan fingerprint density at radius 3 is 2.52 bits per heavy atom. The van der Waals surface area contributed by atoms with Crippen molar-refractivity contribution in [1.82, 2.24) is 4.90 Å². The quantitative estimate of drug-likeness (QED) is 0.498. The summed E-state index contributed by atoms with van der Waals surface area (Å²) in [5, 5.41) is 10.5. The second-order valence-electron chi connectivity index (χ2n) is 7.89. The van der Waals surface area contributed by atoms with E-state index in [-0.39, 0.29) is 6.04 Å². The van der Waals surface area contributed by atoms with Crippen LogP contribution in [0.15, 0.2) is 78.9 Å². The lowest BCUT2D eigenvalue weighted by atomic mass is 9.91. The molecule has 1 aliphatic rings. The summed E-state index contributed by atoms with van der Waals surface area (Å²) < 4.78 is 6.04. The Morgan fingerprint density at radius 2 is 1.77 bits per heavy atom. The van der Waals surface area contributed by atoms with E-state index in [4.69, 9.17) is 16.3 Å². The fraction of sp³-hybridized carbons (Fsp3) is 0.269. The van der Waals surface area contributed by atoms with Crippen LogP contribution in [0.4, 0.5) is 0 Å². The molecule has 0 aliphatic carbocycles. The highest BCUT2D eigenvalue weighted by Gasteiger charge is 2.35. The van der Waals surface area contributed by atoms with Crippen LogP contribution in [-0.4, -0.2) is 28.6 Å². The van der Waals surface area contributed by atoms with Gasteiger partial charge in [-0.15, -0.1) is 0 Å². The Bertz CT molecular complexity index is 1010. The molecule has 0 bridgehead atoms. The number of halogens is 1. The average molecular weight is 436 g/mol. The van der Waals surface area contributed by atoms with Gasteiger partial charge in [0.15, 0.2) is 0 Å². The number of piperidine rings is 1. The number of aliphatic carboxylic acids is 1. The second-order valence-corrected chi connectivity index (χ2v) is 8.32. The predicted octanol–water partition coefficient (Wildman–Crippen LogP) is 5.95. The minimum atomic E-state index is -0.768. The molecule has 0 spiro atoms. The summed E-state index contributed by atoms with van der Waals surface area (Å²) in [5.41, 5.74) is 3.14. The van der Waals surface area contributed by atoms with Gasteiger partial charge in [0.05, 0.1) is 6.04 Å². The summed E-state index contributed by atoms with van der Waals surface area (Å²) in [4.78, 5) is 14.1. The van der Waals surface area contributed by atoms with Gasteiger partial charge < -0.3 is 9.84 Å². The normalized spacial score (nSPS) is 17.8. The van der Waals surface area contributed by atoms with E-state index in [1.165, 1.54) is 0 Å². The SMILES string of the molecule is O=C(O)C1CCCCN1C(c1ccc(Cl)cc1)c1cccc(OCc2ccccc2)c1. The van der Waals surface area contributed by atoms with Gasteiger partial charge in [0.1, 0.15) is 18.4 Å². The molecular weight excluding hydrogens is 410 g/mol. The van der Waals surface area contributed by atoms with Gasteiger partial charge in [-0.2, -0.15) is 0 Å². The minimum Gasteiger partial charge on any atom is -0.489 e. The molecule has 1 fully saturated rings. The van der Waals surface area contributed by atoms with Crippen molar-refractivity contribution in [2.24, 2.45) is 0 Å². The fourth-order valence-corrected chi connectivity index (χ4v) is 4.39. The van der Waals surface area contributed by atoms with Gasteiger partial charge in [0.2, 0.25) is 0 Å². The molecule has 31 heavy (non-hydrogen) atoms. The van der Waals surface area contributed by atoms with Gasteiger partial charge in [0.25, 0.3) is 0 Å². The fourth-order valence-electron chi connectivity index (χ4n) is 4.26. The number of likely N-dealkylation sites (tertiary alicyclic amines) is 1. The number of carboxylic acid groups (broad SMARTS) is 1. The maximum absolute atomic E-state index is 12.0. The first-order valence-corrected chi connectivity index (χ1v) is 11.0. The smallest absolute Gasteiger partial charge is 0.320 e. The summed E-state index contributed by atoms with van der Waals surface area (Å²) in [6.45, 7) is 1.22. The zero-order valence-electron chi connectivity index (χ0n) is 17.3. The number of nitrogens with zero attached hydrogens (tertiary/aromatic N) is 1. The topological polar surface area (TPSA) is 49.8 Å². The molecule has 2 atom stereocenters. The Morgan fingerprint density at radius 1 is 1.00 bits per heavy atom. The molecule has 1 saturated heterocycles. The van der Waals surface area contributed by atoms with Crippen molar-refractivity contribution >= 4 is 17.6 Å². The van der Waals surface area contributed by atoms with E-state index in [9.17, 15) is 9.90 Å². The van der Waals surface area contributed by atoms with E-state index >= 15 is 0 Å². The first-order chi connectivity index (χ1) is 15.1. The van der Waals surface area contributed by atoms with Crippen molar-refractivity contribution in [2.45, 2.75) is 38.0 Å². The molecule has 3 aromatic carbocycles. The number of rotatable bonds is 7. The van der Waals surface area contributed by atoms with Crippen LogP contribution in [-0.2, 0) is 11.4 Å². The zero-order chi connectivity index (χ0) is 21.6. The molecule has 3 aromatic rings. The van der Waals surface area contributed by atoms with Gasteiger partial charge in [-0.1, -0.05) is 72.6 Å². The maximum Gasteiger partial charge on any atom is 0.320 e. The number of ether oxygens (including phenoxy) is 1. The van der Waals surface area contributed by atoms with Crippen LogP contribution in [0, 0.1) is 0 Å². The van der Waals surface area contributed by atoms with Gasteiger partial charge in [-0.3, -0.25) is 9.69 Å². The van der Waals surface area contributed by atoms with Crippen LogP contribution in [0.5, 0.6) is 5.75 Å². The number of benzene rings is 3. The molecule has 0 aromatic heterocycles. The van der Waals surface area contributed by atoms with E-state index in [2.05, 4.69) is 4.90 Å². The molecular formula is C26H26ClNO3. The monoisotopic (exact) mass is 435 g/mol. The Balaban J connectivity index is 1.66. The first kappa shape index (κ1) is 21.4. The molecule has 0 amide bonds. The highest BCUT2D eigenvalue weighted by atomic mass is 35.5. The van der Waals surface area contributed by atoms with Gasteiger partial charge in [0, 0.05) is 5.02 Å². The third kappa shape index (κ3) is 5.27. The van der Waals surface area contributed by atoms with Crippen LogP contribution in [0.3, 0.4) is 0 Å². The second kappa shape index (κ2) is 9.99. The summed E-state index contributed by atoms with van der Waals surface area (Å²) in [7, 11) is 0. The molecule has 4 rings (SSSR count). The van der Waals surface area contributed by atoms with E-state index in [1.54, 1.807) is 0 Å². The largest absolute Gasteiger partial charge is 0.489 e. The highest BCUT2D eigenvalue weighted by Crippen LogP contribution is 2.36. The van der Waals surface area contributed by atoms with Gasteiger partial charge in [-0.25, -0.2) is 0 Å².